The molecule has 0 aromatic carbocycles. The van der Waals surface area contributed by atoms with Gasteiger partial charge in [-0.2, -0.15) is 11.8 Å². The summed E-state index contributed by atoms with van der Waals surface area (Å²) in [5.41, 5.74) is 0.513. The minimum absolute atomic E-state index is 0.378. The monoisotopic (exact) mass is 271 g/mol. The Morgan fingerprint density at radius 3 is 2.00 bits per heavy atom. The summed E-state index contributed by atoms with van der Waals surface area (Å²) in [5, 5.41) is 3.68. The average Bonchev–Trinajstić information content (AvgIpc) is 2.28. The van der Waals surface area contributed by atoms with Crippen molar-refractivity contribution in [3.05, 3.63) is 0 Å². The lowest BCUT2D eigenvalue weighted by atomic mass is 9.70. The maximum Gasteiger partial charge on any atom is 0.0225 e. The van der Waals surface area contributed by atoms with Gasteiger partial charge in [0.1, 0.15) is 0 Å². The van der Waals surface area contributed by atoms with Crippen LogP contribution >= 0.6 is 11.8 Å². The van der Waals surface area contributed by atoms with Crippen molar-refractivity contribution in [2.75, 3.05) is 19.3 Å². The number of hydrogen-bond donors (Lipinski definition) is 1. The molecular formula is C16H33NS. The van der Waals surface area contributed by atoms with E-state index in [0.29, 0.717) is 10.2 Å². The largest absolute Gasteiger partial charge is 0.315 e. The van der Waals surface area contributed by atoms with Gasteiger partial charge >= 0.3 is 0 Å². The molecule has 108 valence electrons. The fourth-order valence-corrected chi connectivity index (χ4v) is 3.13. The lowest BCUT2D eigenvalue weighted by Crippen LogP contribution is -2.36. The Labute approximate surface area is 119 Å². The first-order valence-electron chi connectivity index (χ1n) is 7.50. The third-order valence-corrected chi connectivity index (χ3v) is 5.86. The maximum atomic E-state index is 3.68. The standard InChI is InChI=1S/C16H33NS/c1-15(2,3)14-9-7-13(8-10-14)11-17-12-16(4,5)18-6/h13-14,17H,7-12H2,1-6H3. The summed E-state index contributed by atoms with van der Waals surface area (Å²) in [4.78, 5) is 0. The predicted octanol–water partition coefficient (Wildman–Crippen LogP) is 4.57. The van der Waals surface area contributed by atoms with Crippen LogP contribution in [0.5, 0.6) is 0 Å². The van der Waals surface area contributed by atoms with Crippen LogP contribution in [0.3, 0.4) is 0 Å². The smallest absolute Gasteiger partial charge is 0.0225 e. The highest BCUT2D eigenvalue weighted by molar-refractivity contribution is 7.99. The van der Waals surface area contributed by atoms with E-state index in [0.717, 1.165) is 18.4 Å². The Hall–Kier alpha value is 0.310. The minimum atomic E-state index is 0.378. The van der Waals surface area contributed by atoms with Gasteiger partial charge in [-0.3, -0.25) is 0 Å². The molecule has 0 bridgehead atoms. The number of nitrogens with one attached hydrogen (secondary N) is 1. The third-order valence-electron chi connectivity index (χ3n) is 4.61. The molecule has 1 aliphatic carbocycles. The second-order valence-corrected chi connectivity index (χ2v) is 9.19. The Bertz CT molecular complexity index is 234. The molecule has 0 spiro atoms. The van der Waals surface area contributed by atoms with E-state index in [1.807, 2.05) is 11.8 Å². The Morgan fingerprint density at radius 1 is 1.00 bits per heavy atom. The molecular weight excluding hydrogens is 238 g/mol. The molecule has 0 radical (unpaired) electrons. The van der Waals surface area contributed by atoms with E-state index >= 15 is 0 Å². The molecule has 0 amide bonds. The fourth-order valence-electron chi connectivity index (χ4n) is 2.88. The quantitative estimate of drug-likeness (QED) is 0.786. The molecule has 0 heterocycles. The summed E-state index contributed by atoms with van der Waals surface area (Å²) >= 11 is 1.95. The molecule has 0 aromatic heterocycles. The van der Waals surface area contributed by atoms with Crippen LogP contribution in [-0.4, -0.2) is 24.1 Å². The zero-order valence-electron chi connectivity index (χ0n) is 13.3. The first kappa shape index (κ1) is 16.4. The van der Waals surface area contributed by atoms with Crippen LogP contribution in [0, 0.1) is 17.3 Å². The van der Waals surface area contributed by atoms with E-state index in [2.05, 4.69) is 46.2 Å². The zero-order valence-corrected chi connectivity index (χ0v) is 14.1. The SMILES string of the molecule is CSC(C)(C)CNCC1CCC(C(C)(C)C)CC1. The van der Waals surface area contributed by atoms with Crippen LogP contribution in [0.25, 0.3) is 0 Å². The van der Waals surface area contributed by atoms with Gasteiger partial charge in [0.15, 0.2) is 0 Å². The average molecular weight is 272 g/mol. The molecule has 1 aliphatic rings. The highest BCUT2D eigenvalue weighted by Gasteiger charge is 2.29. The van der Waals surface area contributed by atoms with Gasteiger partial charge in [-0.05, 0) is 69.6 Å². The number of hydrogen-bond acceptors (Lipinski definition) is 2. The van der Waals surface area contributed by atoms with Crippen molar-refractivity contribution in [3.63, 3.8) is 0 Å². The van der Waals surface area contributed by atoms with Crippen molar-refractivity contribution in [2.24, 2.45) is 17.3 Å². The second kappa shape index (κ2) is 6.65. The van der Waals surface area contributed by atoms with Gasteiger partial charge in [0.25, 0.3) is 0 Å². The van der Waals surface area contributed by atoms with E-state index in [4.69, 9.17) is 0 Å². The van der Waals surface area contributed by atoms with Gasteiger partial charge in [-0.1, -0.05) is 20.8 Å². The van der Waals surface area contributed by atoms with Gasteiger partial charge in [0.05, 0.1) is 0 Å². The molecule has 1 N–H and O–H groups in total. The molecule has 1 nitrogen and oxygen atoms in total. The first-order valence-corrected chi connectivity index (χ1v) is 8.73. The van der Waals surface area contributed by atoms with Crippen LogP contribution in [0.15, 0.2) is 0 Å². The van der Waals surface area contributed by atoms with Crippen LogP contribution < -0.4 is 5.32 Å². The van der Waals surface area contributed by atoms with Crippen molar-refractivity contribution in [1.29, 1.82) is 0 Å². The van der Waals surface area contributed by atoms with E-state index in [9.17, 15) is 0 Å². The highest BCUT2D eigenvalue weighted by atomic mass is 32.2. The van der Waals surface area contributed by atoms with Crippen LogP contribution in [-0.2, 0) is 0 Å². The van der Waals surface area contributed by atoms with Gasteiger partial charge < -0.3 is 5.32 Å². The number of thioether (sulfide) groups is 1. The van der Waals surface area contributed by atoms with Crippen molar-refractivity contribution in [1.82, 2.24) is 5.32 Å². The summed E-state index contributed by atoms with van der Waals surface area (Å²) in [6.07, 6.45) is 7.92. The third kappa shape index (κ3) is 5.52. The van der Waals surface area contributed by atoms with Crippen molar-refractivity contribution in [3.8, 4) is 0 Å². The van der Waals surface area contributed by atoms with Crippen molar-refractivity contribution in [2.45, 2.75) is 65.0 Å². The van der Waals surface area contributed by atoms with Crippen LogP contribution in [0.4, 0.5) is 0 Å². The van der Waals surface area contributed by atoms with Gasteiger partial charge in [0.2, 0.25) is 0 Å². The molecule has 1 fully saturated rings. The summed E-state index contributed by atoms with van der Waals surface area (Å²) in [5.74, 6) is 1.86. The van der Waals surface area contributed by atoms with Crippen LogP contribution in [0.2, 0.25) is 0 Å². The molecule has 1 saturated carbocycles. The van der Waals surface area contributed by atoms with Crippen LogP contribution in [0.1, 0.15) is 60.3 Å². The van der Waals surface area contributed by atoms with Gasteiger partial charge in [0, 0.05) is 11.3 Å². The highest BCUT2D eigenvalue weighted by Crippen LogP contribution is 2.39. The molecule has 2 heteroatoms. The molecule has 0 aliphatic heterocycles. The van der Waals surface area contributed by atoms with Crippen molar-refractivity contribution >= 4 is 11.8 Å². The topological polar surface area (TPSA) is 12.0 Å². The normalized spacial score (nSPS) is 26.3. The minimum Gasteiger partial charge on any atom is -0.315 e. The maximum absolute atomic E-state index is 3.68. The van der Waals surface area contributed by atoms with Gasteiger partial charge in [-0.25, -0.2) is 0 Å². The Balaban J connectivity index is 2.20. The molecule has 18 heavy (non-hydrogen) atoms. The molecule has 0 saturated heterocycles. The van der Waals surface area contributed by atoms with E-state index in [1.165, 1.54) is 32.2 Å². The summed E-state index contributed by atoms with van der Waals surface area (Å²) in [7, 11) is 0. The zero-order chi connectivity index (χ0) is 13.8. The van der Waals surface area contributed by atoms with E-state index < -0.39 is 0 Å². The predicted molar refractivity (Wildman–Crippen MR) is 85.4 cm³/mol. The molecule has 0 unspecified atom stereocenters. The molecule has 0 atom stereocenters. The number of rotatable bonds is 5. The van der Waals surface area contributed by atoms with Gasteiger partial charge in [-0.15, -0.1) is 0 Å². The van der Waals surface area contributed by atoms with E-state index in [1.54, 1.807) is 0 Å². The lowest BCUT2D eigenvalue weighted by molar-refractivity contribution is 0.149. The Kier molecular flexibility index (Phi) is 6.05. The second-order valence-electron chi connectivity index (χ2n) is 7.68. The Morgan fingerprint density at radius 2 is 1.56 bits per heavy atom. The summed E-state index contributed by atoms with van der Waals surface area (Å²) < 4.78 is 0.378. The van der Waals surface area contributed by atoms with E-state index in [-0.39, 0.29) is 0 Å². The first-order chi connectivity index (χ1) is 8.24. The fraction of sp³-hybridized carbons (Fsp3) is 1.00. The summed E-state index contributed by atoms with van der Waals surface area (Å²) in [6, 6.07) is 0. The summed E-state index contributed by atoms with van der Waals surface area (Å²) in [6.45, 7) is 14.2. The van der Waals surface area contributed by atoms with Crippen molar-refractivity contribution < 1.29 is 0 Å². The molecule has 1 rings (SSSR count). The molecule has 0 aromatic rings. The lowest BCUT2D eigenvalue weighted by Gasteiger charge is -2.37.